The van der Waals surface area contributed by atoms with Crippen LogP contribution >= 0.6 is 0 Å². The molecule has 1 N–H and O–H groups in total. The van der Waals surface area contributed by atoms with Crippen molar-refractivity contribution < 1.29 is 4.79 Å². The molecule has 1 aliphatic rings. The van der Waals surface area contributed by atoms with Crippen LogP contribution in [-0.4, -0.2) is 57.2 Å². The molecule has 0 spiro atoms. The van der Waals surface area contributed by atoms with Gasteiger partial charge in [-0.15, -0.1) is 10.2 Å². The molecule has 1 aliphatic heterocycles. The minimum Gasteiger partial charge on any atom is -0.339 e. The third-order valence-corrected chi connectivity index (χ3v) is 4.33. The van der Waals surface area contributed by atoms with Gasteiger partial charge in [0.1, 0.15) is 0 Å². The fraction of sp³-hybridized carbons (Fsp3) is 0.211. The molecule has 1 fully saturated rings. The van der Waals surface area contributed by atoms with Gasteiger partial charge in [0.2, 0.25) is 5.95 Å². The van der Waals surface area contributed by atoms with Crippen molar-refractivity contribution in [3.63, 3.8) is 0 Å². The number of nitrogens with zero attached hydrogens (tertiary/aromatic N) is 6. The van der Waals surface area contributed by atoms with E-state index >= 15 is 0 Å². The molecule has 1 saturated heterocycles. The van der Waals surface area contributed by atoms with Gasteiger partial charge in [-0.2, -0.15) is 0 Å². The maximum Gasteiger partial charge on any atom is 0.274 e. The van der Waals surface area contributed by atoms with E-state index in [0.717, 1.165) is 5.69 Å². The Morgan fingerprint density at radius 3 is 2.26 bits per heavy atom. The summed E-state index contributed by atoms with van der Waals surface area (Å²) >= 11 is 0. The van der Waals surface area contributed by atoms with E-state index in [1.54, 1.807) is 35.5 Å². The Morgan fingerprint density at radius 1 is 0.852 bits per heavy atom. The second-order valence-corrected chi connectivity index (χ2v) is 6.12. The fourth-order valence-corrected chi connectivity index (χ4v) is 2.91. The molecule has 3 heterocycles. The highest BCUT2D eigenvalue weighted by Crippen LogP contribution is 2.15. The maximum absolute atomic E-state index is 12.7. The molecule has 4 rings (SSSR count). The number of rotatable bonds is 4. The van der Waals surface area contributed by atoms with E-state index in [1.807, 2.05) is 30.3 Å². The monoisotopic (exact) mass is 361 g/mol. The Kier molecular flexibility index (Phi) is 4.86. The van der Waals surface area contributed by atoms with Crippen LogP contribution in [-0.2, 0) is 0 Å². The van der Waals surface area contributed by atoms with Gasteiger partial charge in [-0.3, -0.25) is 4.79 Å². The Hall–Kier alpha value is -3.55. The lowest BCUT2D eigenvalue weighted by Crippen LogP contribution is -2.49. The molecule has 8 heteroatoms. The predicted octanol–water partition coefficient (Wildman–Crippen LogP) is 1.97. The first-order valence-corrected chi connectivity index (χ1v) is 8.77. The molecular formula is C19H19N7O. The van der Waals surface area contributed by atoms with Gasteiger partial charge in [0.05, 0.1) is 0 Å². The van der Waals surface area contributed by atoms with Crippen LogP contribution in [0.3, 0.4) is 0 Å². The van der Waals surface area contributed by atoms with Gasteiger partial charge in [0, 0.05) is 44.3 Å². The molecule has 1 amide bonds. The number of hydrogen-bond acceptors (Lipinski definition) is 7. The highest BCUT2D eigenvalue weighted by atomic mass is 16.2. The van der Waals surface area contributed by atoms with Crippen molar-refractivity contribution >= 4 is 23.4 Å². The zero-order valence-corrected chi connectivity index (χ0v) is 14.7. The fourth-order valence-electron chi connectivity index (χ4n) is 2.91. The van der Waals surface area contributed by atoms with E-state index in [9.17, 15) is 4.79 Å². The Labute approximate surface area is 156 Å². The van der Waals surface area contributed by atoms with Gasteiger partial charge in [-0.25, -0.2) is 9.97 Å². The Bertz CT molecular complexity index is 879. The highest BCUT2D eigenvalue weighted by molar-refractivity contribution is 5.92. The first-order valence-electron chi connectivity index (χ1n) is 8.77. The van der Waals surface area contributed by atoms with Crippen molar-refractivity contribution in [3.8, 4) is 0 Å². The maximum atomic E-state index is 12.7. The molecule has 3 aromatic rings. The zero-order valence-electron chi connectivity index (χ0n) is 14.7. The number of piperazine rings is 1. The van der Waals surface area contributed by atoms with Crippen molar-refractivity contribution in [1.29, 1.82) is 0 Å². The Balaban J connectivity index is 1.36. The number of nitrogens with one attached hydrogen (secondary N) is 1. The number of anilines is 3. The highest BCUT2D eigenvalue weighted by Gasteiger charge is 2.24. The number of hydrogen-bond donors (Lipinski definition) is 1. The van der Waals surface area contributed by atoms with E-state index in [0.29, 0.717) is 43.6 Å². The normalized spacial score (nSPS) is 14.1. The summed E-state index contributed by atoms with van der Waals surface area (Å²) < 4.78 is 0. The van der Waals surface area contributed by atoms with Crippen LogP contribution in [0.4, 0.5) is 17.5 Å². The summed E-state index contributed by atoms with van der Waals surface area (Å²) in [7, 11) is 0. The van der Waals surface area contributed by atoms with Crippen molar-refractivity contribution in [1.82, 2.24) is 25.1 Å². The first kappa shape index (κ1) is 16.9. The van der Waals surface area contributed by atoms with Crippen LogP contribution in [0.15, 0.2) is 60.9 Å². The number of para-hydroxylation sites is 1. The SMILES string of the molecule is O=C(c1ccc(Nc2ccccc2)nn1)N1CCN(c2ncccn2)CC1. The summed E-state index contributed by atoms with van der Waals surface area (Å²) in [6.07, 6.45) is 3.45. The third-order valence-electron chi connectivity index (χ3n) is 4.33. The molecule has 0 saturated carbocycles. The van der Waals surface area contributed by atoms with Crippen LogP contribution in [0.1, 0.15) is 10.5 Å². The number of carbonyl (C=O) groups excluding carboxylic acids is 1. The van der Waals surface area contributed by atoms with Gasteiger partial charge in [0.25, 0.3) is 5.91 Å². The summed E-state index contributed by atoms with van der Waals surface area (Å²) in [6, 6.07) is 15.0. The van der Waals surface area contributed by atoms with E-state index < -0.39 is 0 Å². The molecule has 0 radical (unpaired) electrons. The molecule has 2 aromatic heterocycles. The zero-order chi connectivity index (χ0) is 18.5. The summed E-state index contributed by atoms with van der Waals surface area (Å²) in [4.78, 5) is 25.0. The summed E-state index contributed by atoms with van der Waals surface area (Å²) in [6.45, 7) is 2.58. The van der Waals surface area contributed by atoms with Gasteiger partial charge >= 0.3 is 0 Å². The molecule has 8 nitrogen and oxygen atoms in total. The second-order valence-electron chi connectivity index (χ2n) is 6.12. The number of amides is 1. The van der Waals surface area contributed by atoms with E-state index in [2.05, 4.69) is 30.4 Å². The van der Waals surface area contributed by atoms with Crippen molar-refractivity contribution in [2.45, 2.75) is 0 Å². The lowest BCUT2D eigenvalue weighted by atomic mass is 10.2. The smallest absolute Gasteiger partial charge is 0.274 e. The standard InChI is InChI=1S/C19H19N7O/c27-18(25-11-13-26(14-12-25)19-20-9-4-10-21-19)16-7-8-17(24-23-16)22-15-5-2-1-3-6-15/h1-10H,11-14H2,(H,22,24). The molecule has 0 aliphatic carbocycles. The van der Waals surface area contributed by atoms with Crippen molar-refractivity contribution in [2.24, 2.45) is 0 Å². The van der Waals surface area contributed by atoms with Crippen LogP contribution in [0.2, 0.25) is 0 Å². The van der Waals surface area contributed by atoms with Gasteiger partial charge in [-0.05, 0) is 30.3 Å². The van der Waals surface area contributed by atoms with Crippen molar-refractivity contribution in [3.05, 3.63) is 66.6 Å². The van der Waals surface area contributed by atoms with Crippen molar-refractivity contribution in [2.75, 3.05) is 36.4 Å². The van der Waals surface area contributed by atoms with Gasteiger partial charge in [0.15, 0.2) is 11.5 Å². The number of benzene rings is 1. The largest absolute Gasteiger partial charge is 0.339 e. The lowest BCUT2D eigenvalue weighted by Gasteiger charge is -2.34. The molecule has 136 valence electrons. The van der Waals surface area contributed by atoms with Crippen LogP contribution in [0.25, 0.3) is 0 Å². The average molecular weight is 361 g/mol. The molecule has 0 bridgehead atoms. The van der Waals surface area contributed by atoms with E-state index in [4.69, 9.17) is 0 Å². The average Bonchev–Trinajstić information content (AvgIpc) is 2.75. The third kappa shape index (κ3) is 4.00. The topological polar surface area (TPSA) is 87.1 Å². The number of carbonyl (C=O) groups is 1. The van der Waals surface area contributed by atoms with Crippen LogP contribution < -0.4 is 10.2 Å². The second kappa shape index (κ2) is 7.77. The predicted molar refractivity (Wildman–Crippen MR) is 102 cm³/mol. The number of aromatic nitrogens is 4. The molecule has 27 heavy (non-hydrogen) atoms. The summed E-state index contributed by atoms with van der Waals surface area (Å²) in [5, 5.41) is 11.4. The quantitative estimate of drug-likeness (QED) is 0.760. The molecule has 0 atom stereocenters. The van der Waals surface area contributed by atoms with Crippen LogP contribution in [0, 0.1) is 0 Å². The van der Waals surface area contributed by atoms with Gasteiger partial charge < -0.3 is 15.1 Å². The van der Waals surface area contributed by atoms with Crippen LogP contribution in [0.5, 0.6) is 0 Å². The Morgan fingerprint density at radius 2 is 1.59 bits per heavy atom. The van der Waals surface area contributed by atoms with Gasteiger partial charge in [-0.1, -0.05) is 18.2 Å². The minimum absolute atomic E-state index is 0.109. The minimum atomic E-state index is -0.109. The first-order chi connectivity index (χ1) is 13.3. The summed E-state index contributed by atoms with van der Waals surface area (Å²) in [5.41, 5.74) is 1.27. The van der Waals surface area contributed by atoms with E-state index in [-0.39, 0.29) is 5.91 Å². The lowest BCUT2D eigenvalue weighted by molar-refractivity contribution is 0.0739. The molecule has 0 unspecified atom stereocenters. The molecule has 1 aromatic carbocycles. The molecular weight excluding hydrogens is 342 g/mol. The van der Waals surface area contributed by atoms with E-state index in [1.165, 1.54) is 0 Å². The summed E-state index contributed by atoms with van der Waals surface area (Å²) in [5.74, 6) is 1.19.